The highest BCUT2D eigenvalue weighted by molar-refractivity contribution is 6.30. The van der Waals surface area contributed by atoms with Crippen LogP contribution < -0.4 is 15.5 Å². The number of carbonyl (C=O) groups is 4. The van der Waals surface area contributed by atoms with E-state index in [2.05, 4.69) is 10.6 Å². The van der Waals surface area contributed by atoms with Gasteiger partial charge in [0.05, 0.1) is 5.69 Å². The zero-order valence-corrected chi connectivity index (χ0v) is 15.9. The van der Waals surface area contributed by atoms with Crippen LogP contribution in [0.1, 0.15) is 39.5 Å². The molecule has 1 aliphatic heterocycles. The Kier molecular flexibility index (Phi) is 6.43. The van der Waals surface area contributed by atoms with Crippen LogP contribution in [0, 0.1) is 0 Å². The van der Waals surface area contributed by atoms with E-state index in [4.69, 9.17) is 16.7 Å². The number of amides is 4. The first-order valence-electron chi connectivity index (χ1n) is 8.52. The first-order chi connectivity index (χ1) is 12.6. The maximum atomic E-state index is 12.5. The molecule has 1 aromatic carbocycles. The average molecular weight is 396 g/mol. The molecule has 0 radical (unpaired) electrons. The molecule has 1 heterocycles. The van der Waals surface area contributed by atoms with Gasteiger partial charge >= 0.3 is 12.0 Å². The summed E-state index contributed by atoms with van der Waals surface area (Å²) in [5, 5.41) is 14.6. The van der Waals surface area contributed by atoms with Crippen LogP contribution in [0.25, 0.3) is 0 Å². The number of halogens is 1. The predicted molar refractivity (Wildman–Crippen MR) is 99.6 cm³/mol. The lowest BCUT2D eigenvalue weighted by Crippen LogP contribution is -2.44. The van der Waals surface area contributed by atoms with Crippen molar-refractivity contribution in [3.63, 3.8) is 0 Å². The number of aliphatic carboxylic acids is 1. The van der Waals surface area contributed by atoms with E-state index in [-0.39, 0.29) is 31.6 Å². The summed E-state index contributed by atoms with van der Waals surface area (Å²) >= 11 is 5.82. The van der Waals surface area contributed by atoms with Gasteiger partial charge in [-0.1, -0.05) is 11.6 Å². The second kappa shape index (κ2) is 8.39. The molecule has 1 fully saturated rings. The Morgan fingerprint density at radius 1 is 1.22 bits per heavy atom. The minimum Gasteiger partial charge on any atom is -0.481 e. The Balaban J connectivity index is 1.90. The van der Waals surface area contributed by atoms with Crippen molar-refractivity contribution in [2.75, 3.05) is 4.90 Å². The number of urea groups is 1. The van der Waals surface area contributed by atoms with Crippen LogP contribution in [0.4, 0.5) is 10.5 Å². The van der Waals surface area contributed by atoms with Gasteiger partial charge in [0.15, 0.2) is 0 Å². The van der Waals surface area contributed by atoms with Crippen molar-refractivity contribution in [3.8, 4) is 0 Å². The molecular weight excluding hydrogens is 374 g/mol. The summed E-state index contributed by atoms with van der Waals surface area (Å²) in [5.74, 6) is -1.67. The van der Waals surface area contributed by atoms with Crippen molar-refractivity contribution in [2.45, 2.75) is 51.1 Å². The number of hydrogen-bond acceptors (Lipinski definition) is 4. The number of carbonyl (C=O) groups excluding carboxylic acids is 3. The second-order valence-corrected chi connectivity index (χ2v) is 7.45. The third-order valence-corrected chi connectivity index (χ3v) is 4.46. The zero-order valence-electron chi connectivity index (χ0n) is 15.1. The molecule has 4 amide bonds. The van der Waals surface area contributed by atoms with E-state index in [1.165, 1.54) is 0 Å². The van der Waals surface area contributed by atoms with E-state index in [0.29, 0.717) is 10.7 Å². The van der Waals surface area contributed by atoms with Crippen molar-refractivity contribution in [1.82, 2.24) is 10.6 Å². The number of nitrogens with one attached hydrogen (secondary N) is 2. The van der Waals surface area contributed by atoms with Crippen LogP contribution >= 0.6 is 11.6 Å². The summed E-state index contributed by atoms with van der Waals surface area (Å²) in [6.07, 6.45) is 0.412. The Hall–Kier alpha value is -2.61. The molecular formula is C18H22ClN3O5. The standard InChI is InChI=1S/C18H22ClN3O5/c1-18(2,10-9-15(24)25)21-14(23)8-7-13-16(26)22(17(27)20-13)12-5-3-11(19)4-6-12/h3-6,13H,7-10H2,1-2H3,(H,20,27)(H,21,23)(H,24,25). The third-order valence-electron chi connectivity index (χ3n) is 4.21. The molecule has 1 aromatic rings. The van der Waals surface area contributed by atoms with Gasteiger partial charge in [0.1, 0.15) is 6.04 Å². The third kappa shape index (κ3) is 5.68. The first kappa shape index (κ1) is 20.7. The number of rotatable bonds is 8. The molecule has 1 atom stereocenters. The van der Waals surface area contributed by atoms with Gasteiger partial charge in [0.2, 0.25) is 5.91 Å². The molecule has 0 spiro atoms. The highest BCUT2D eigenvalue weighted by Crippen LogP contribution is 2.23. The van der Waals surface area contributed by atoms with E-state index in [9.17, 15) is 19.2 Å². The number of carboxylic acids is 1. The largest absolute Gasteiger partial charge is 0.481 e. The number of carboxylic acid groups (broad SMARTS) is 1. The SMILES string of the molecule is CC(C)(CCC(=O)O)NC(=O)CCC1NC(=O)N(c2ccc(Cl)cc2)C1=O. The highest BCUT2D eigenvalue weighted by atomic mass is 35.5. The van der Waals surface area contributed by atoms with E-state index >= 15 is 0 Å². The normalized spacial score (nSPS) is 17.0. The fraction of sp³-hybridized carbons (Fsp3) is 0.444. The molecule has 146 valence electrons. The van der Waals surface area contributed by atoms with Crippen LogP contribution in [0.3, 0.4) is 0 Å². The van der Waals surface area contributed by atoms with Crippen LogP contribution in [0.15, 0.2) is 24.3 Å². The molecule has 27 heavy (non-hydrogen) atoms. The highest BCUT2D eigenvalue weighted by Gasteiger charge is 2.39. The van der Waals surface area contributed by atoms with E-state index in [1.807, 2.05) is 0 Å². The molecule has 2 rings (SSSR count). The van der Waals surface area contributed by atoms with Gasteiger partial charge < -0.3 is 15.7 Å². The smallest absolute Gasteiger partial charge is 0.329 e. The maximum absolute atomic E-state index is 12.5. The van der Waals surface area contributed by atoms with Crippen LogP contribution in [-0.2, 0) is 14.4 Å². The lowest BCUT2D eigenvalue weighted by Gasteiger charge is -2.25. The zero-order chi connectivity index (χ0) is 20.2. The molecule has 0 bridgehead atoms. The predicted octanol–water partition coefficient (Wildman–Crippen LogP) is 2.30. The number of anilines is 1. The van der Waals surface area contributed by atoms with Crippen molar-refractivity contribution in [2.24, 2.45) is 0 Å². The van der Waals surface area contributed by atoms with Gasteiger partial charge in [-0.3, -0.25) is 14.4 Å². The molecule has 8 nitrogen and oxygen atoms in total. The summed E-state index contributed by atoms with van der Waals surface area (Å²) in [5.41, 5.74) is -0.267. The minimum absolute atomic E-state index is 0.0294. The van der Waals surface area contributed by atoms with Gasteiger partial charge in [-0.25, -0.2) is 9.69 Å². The molecule has 0 saturated carbocycles. The molecule has 3 N–H and O–H groups in total. The average Bonchev–Trinajstić information content (AvgIpc) is 2.86. The second-order valence-electron chi connectivity index (χ2n) is 7.02. The van der Waals surface area contributed by atoms with Crippen molar-refractivity contribution in [1.29, 1.82) is 0 Å². The van der Waals surface area contributed by atoms with Gasteiger partial charge in [0.25, 0.3) is 5.91 Å². The maximum Gasteiger partial charge on any atom is 0.329 e. The number of benzene rings is 1. The molecule has 0 aliphatic carbocycles. The summed E-state index contributed by atoms with van der Waals surface area (Å²) < 4.78 is 0. The first-order valence-corrected chi connectivity index (χ1v) is 8.90. The van der Waals surface area contributed by atoms with Gasteiger partial charge in [-0.2, -0.15) is 0 Å². The number of hydrogen-bond donors (Lipinski definition) is 3. The minimum atomic E-state index is -0.932. The molecule has 9 heteroatoms. The van der Waals surface area contributed by atoms with E-state index in [0.717, 1.165) is 4.90 Å². The Morgan fingerprint density at radius 2 is 1.85 bits per heavy atom. The van der Waals surface area contributed by atoms with Crippen molar-refractivity contribution in [3.05, 3.63) is 29.3 Å². The molecule has 1 saturated heterocycles. The van der Waals surface area contributed by atoms with Crippen molar-refractivity contribution >= 4 is 41.1 Å². The van der Waals surface area contributed by atoms with E-state index < -0.39 is 29.5 Å². The van der Waals surface area contributed by atoms with E-state index in [1.54, 1.807) is 38.1 Å². The Labute approximate surface area is 161 Å². The van der Waals surface area contributed by atoms with Gasteiger partial charge in [0, 0.05) is 23.4 Å². The summed E-state index contributed by atoms with van der Waals surface area (Å²) in [7, 11) is 0. The summed E-state index contributed by atoms with van der Waals surface area (Å²) in [6.45, 7) is 3.47. The fourth-order valence-corrected chi connectivity index (χ4v) is 2.88. The molecule has 0 aromatic heterocycles. The fourth-order valence-electron chi connectivity index (χ4n) is 2.76. The van der Waals surface area contributed by atoms with Crippen LogP contribution in [-0.4, -0.2) is 40.5 Å². The van der Waals surface area contributed by atoms with Crippen LogP contribution in [0.2, 0.25) is 5.02 Å². The topological polar surface area (TPSA) is 116 Å². The Bertz CT molecular complexity index is 748. The number of imide groups is 1. The van der Waals surface area contributed by atoms with Gasteiger partial charge in [-0.05, 0) is 51.0 Å². The van der Waals surface area contributed by atoms with Crippen molar-refractivity contribution < 1.29 is 24.3 Å². The lowest BCUT2D eigenvalue weighted by atomic mass is 9.98. The van der Waals surface area contributed by atoms with Gasteiger partial charge in [-0.15, -0.1) is 0 Å². The summed E-state index contributed by atoms with van der Waals surface area (Å²) in [6, 6.07) is 4.96. The van der Waals surface area contributed by atoms with Crippen LogP contribution in [0.5, 0.6) is 0 Å². The quantitative estimate of drug-likeness (QED) is 0.584. The molecule has 1 aliphatic rings. The Morgan fingerprint density at radius 3 is 2.44 bits per heavy atom. The lowest BCUT2D eigenvalue weighted by molar-refractivity contribution is -0.138. The number of nitrogens with zero attached hydrogens (tertiary/aromatic N) is 1. The monoisotopic (exact) mass is 395 g/mol. The molecule has 1 unspecified atom stereocenters. The summed E-state index contributed by atoms with van der Waals surface area (Å²) in [4.78, 5) is 48.4.